The van der Waals surface area contributed by atoms with Crippen LogP contribution in [0.5, 0.6) is 0 Å². The quantitative estimate of drug-likeness (QED) is 0.617. The fourth-order valence-electron chi connectivity index (χ4n) is 2.91. The van der Waals surface area contributed by atoms with E-state index in [4.69, 9.17) is 0 Å². The number of nitrogens with one attached hydrogen (secondary N) is 2. The van der Waals surface area contributed by atoms with Gasteiger partial charge in [-0.2, -0.15) is 0 Å². The zero-order chi connectivity index (χ0) is 20.2. The fourth-order valence-corrected chi connectivity index (χ4v) is 2.91. The molecule has 0 radical (unpaired) electrons. The molecule has 0 unspecified atom stereocenters. The van der Waals surface area contributed by atoms with Gasteiger partial charge in [0.1, 0.15) is 0 Å². The number of nitrogens with zero attached hydrogens (tertiary/aromatic N) is 1. The van der Waals surface area contributed by atoms with Gasteiger partial charge >= 0.3 is 6.09 Å². The van der Waals surface area contributed by atoms with Crippen molar-refractivity contribution in [1.29, 1.82) is 0 Å². The summed E-state index contributed by atoms with van der Waals surface area (Å²) in [5.74, 6) is -0.0646. The van der Waals surface area contributed by atoms with E-state index >= 15 is 0 Å². The first-order valence-electron chi connectivity index (χ1n) is 9.58. The van der Waals surface area contributed by atoms with Crippen molar-refractivity contribution >= 4 is 17.7 Å². The summed E-state index contributed by atoms with van der Waals surface area (Å²) in [6.45, 7) is 5.57. The Labute approximate surface area is 166 Å². The summed E-state index contributed by atoms with van der Waals surface area (Å²) >= 11 is 0. The molecule has 2 aromatic rings. The predicted molar refractivity (Wildman–Crippen MR) is 111 cm³/mol. The first kappa shape index (κ1) is 21.4. The van der Waals surface area contributed by atoms with E-state index in [0.717, 1.165) is 31.6 Å². The highest BCUT2D eigenvalue weighted by molar-refractivity contribution is 5.88. The normalized spacial score (nSPS) is 10.5. The molecule has 6 nitrogen and oxygen atoms in total. The van der Waals surface area contributed by atoms with Gasteiger partial charge < -0.3 is 10.1 Å². The van der Waals surface area contributed by atoms with Crippen LogP contribution in [0, 0.1) is 0 Å². The monoisotopic (exact) mass is 383 g/mol. The van der Waals surface area contributed by atoms with Crippen LogP contribution >= 0.6 is 0 Å². The van der Waals surface area contributed by atoms with Crippen molar-refractivity contribution in [3.05, 3.63) is 65.7 Å². The SMILES string of the molecule is CCN(CCCNC(=O)Cc1ccccc1NC(=O)OC)Cc1ccccc1. The molecule has 2 rings (SSSR count). The second kappa shape index (κ2) is 11.8. The maximum Gasteiger partial charge on any atom is 0.411 e. The number of rotatable bonds is 10. The minimum absolute atomic E-state index is 0.0646. The van der Waals surface area contributed by atoms with Crippen molar-refractivity contribution in [2.45, 2.75) is 26.3 Å². The van der Waals surface area contributed by atoms with E-state index in [1.54, 1.807) is 12.1 Å². The Bertz CT molecular complexity index is 750. The van der Waals surface area contributed by atoms with Crippen molar-refractivity contribution in [3.63, 3.8) is 0 Å². The van der Waals surface area contributed by atoms with Crippen molar-refractivity contribution in [2.75, 3.05) is 32.1 Å². The maximum absolute atomic E-state index is 12.3. The highest BCUT2D eigenvalue weighted by Gasteiger charge is 2.10. The Kier molecular flexibility index (Phi) is 9.01. The number of para-hydroxylation sites is 1. The van der Waals surface area contributed by atoms with E-state index in [2.05, 4.69) is 51.5 Å². The molecule has 2 aromatic carbocycles. The Hall–Kier alpha value is -2.86. The zero-order valence-electron chi connectivity index (χ0n) is 16.6. The van der Waals surface area contributed by atoms with Gasteiger partial charge in [-0.15, -0.1) is 0 Å². The lowest BCUT2D eigenvalue weighted by molar-refractivity contribution is -0.120. The summed E-state index contributed by atoms with van der Waals surface area (Å²) < 4.78 is 4.61. The van der Waals surface area contributed by atoms with Crippen LogP contribution in [0.1, 0.15) is 24.5 Å². The summed E-state index contributed by atoms with van der Waals surface area (Å²) in [7, 11) is 1.31. The fraction of sp³-hybridized carbons (Fsp3) is 0.364. The third-order valence-electron chi connectivity index (χ3n) is 4.46. The van der Waals surface area contributed by atoms with Crippen LogP contribution in [0.2, 0.25) is 0 Å². The van der Waals surface area contributed by atoms with E-state index in [0.29, 0.717) is 12.2 Å². The molecule has 150 valence electrons. The van der Waals surface area contributed by atoms with Gasteiger partial charge in [0.25, 0.3) is 0 Å². The third kappa shape index (κ3) is 7.40. The van der Waals surface area contributed by atoms with Gasteiger partial charge in [-0.3, -0.25) is 15.0 Å². The summed E-state index contributed by atoms with van der Waals surface area (Å²) in [5, 5.41) is 5.59. The zero-order valence-corrected chi connectivity index (χ0v) is 16.6. The molecule has 0 atom stereocenters. The van der Waals surface area contributed by atoms with Crippen LogP contribution in [0.15, 0.2) is 54.6 Å². The first-order chi connectivity index (χ1) is 13.6. The molecular weight excluding hydrogens is 354 g/mol. The van der Waals surface area contributed by atoms with E-state index in [1.165, 1.54) is 12.7 Å². The lowest BCUT2D eigenvalue weighted by Gasteiger charge is -2.20. The molecule has 0 aliphatic heterocycles. The smallest absolute Gasteiger partial charge is 0.411 e. The Morgan fingerprint density at radius 1 is 1.04 bits per heavy atom. The summed E-state index contributed by atoms with van der Waals surface area (Å²) in [5.41, 5.74) is 2.64. The molecule has 2 N–H and O–H groups in total. The molecule has 0 heterocycles. The van der Waals surface area contributed by atoms with Crippen molar-refractivity contribution < 1.29 is 14.3 Å². The van der Waals surface area contributed by atoms with Gasteiger partial charge in [0, 0.05) is 25.3 Å². The Balaban J connectivity index is 1.74. The van der Waals surface area contributed by atoms with Gasteiger partial charge in [-0.25, -0.2) is 4.79 Å². The molecular formula is C22H29N3O3. The molecule has 0 saturated carbocycles. The van der Waals surface area contributed by atoms with Crippen LogP contribution < -0.4 is 10.6 Å². The van der Waals surface area contributed by atoms with Gasteiger partial charge in [-0.05, 0) is 30.2 Å². The van der Waals surface area contributed by atoms with Gasteiger partial charge in [0.2, 0.25) is 5.91 Å². The number of hydrogen-bond acceptors (Lipinski definition) is 4. The second-order valence-electron chi connectivity index (χ2n) is 6.51. The van der Waals surface area contributed by atoms with Crippen LogP contribution in [0.25, 0.3) is 0 Å². The average Bonchev–Trinajstić information content (AvgIpc) is 2.72. The van der Waals surface area contributed by atoms with Gasteiger partial charge in [-0.1, -0.05) is 55.5 Å². The molecule has 28 heavy (non-hydrogen) atoms. The minimum atomic E-state index is -0.550. The van der Waals surface area contributed by atoms with Crippen molar-refractivity contribution in [3.8, 4) is 0 Å². The van der Waals surface area contributed by atoms with Crippen LogP contribution in [-0.4, -0.2) is 43.6 Å². The van der Waals surface area contributed by atoms with E-state index in [9.17, 15) is 9.59 Å². The number of methoxy groups -OCH3 is 1. The van der Waals surface area contributed by atoms with Crippen LogP contribution in [0.4, 0.5) is 10.5 Å². The number of anilines is 1. The number of carbonyl (C=O) groups is 2. The highest BCUT2D eigenvalue weighted by atomic mass is 16.5. The molecule has 0 bridgehead atoms. The summed E-state index contributed by atoms with van der Waals surface area (Å²) in [6, 6.07) is 17.6. The molecule has 0 saturated heterocycles. The standard InChI is InChI=1S/C22H29N3O3/c1-3-25(17-18-10-5-4-6-11-18)15-9-14-23-21(26)16-19-12-7-8-13-20(19)24-22(27)28-2/h4-8,10-13H,3,9,14-17H2,1-2H3,(H,23,26)(H,24,27). The largest absolute Gasteiger partial charge is 0.453 e. The molecule has 0 fully saturated rings. The van der Waals surface area contributed by atoms with E-state index in [1.807, 2.05) is 18.2 Å². The average molecular weight is 383 g/mol. The first-order valence-corrected chi connectivity index (χ1v) is 9.58. The maximum atomic E-state index is 12.3. The van der Waals surface area contributed by atoms with Gasteiger partial charge in [0.05, 0.1) is 13.5 Å². The van der Waals surface area contributed by atoms with Crippen molar-refractivity contribution in [2.24, 2.45) is 0 Å². The molecule has 0 aliphatic carbocycles. The number of benzene rings is 2. The van der Waals surface area contributed by atoms with Crippen LogP contribution in [-0.2, 0) is 22.5 Å². The summed E-state index contributed by atoms with van der Waals surface area (Å²) in [6.07, 6.45) is 0.543. The van der Waals surface area contributed by atoms with Crippen molar-refractivity contribution in [1.82, 2.24) is 10.2 Å². The molecule has 2 amide bonds. The van der Waals surface area contributed by atoms with Gasteiger partial charge in [0.15, 0.2) is 0 Å². The molecule has 0 spiro atoms. The minimum Gasteiger partial charge on any atom is -0.453 e. The van der Waals surface area contributed by atoms with Crippen LogP contribution in [0.3, 0.4) is 0 Å². The number of hydrogen-bond donors (Lipinski definition) is 2. The Morgan fingerprint density at radius 2 is 1.75 bits per heavy atom. The predicted octanol–water partition coefficient (Wildman–Crippen LogP) is 3.44. The third-order valence-corrected chi connectivity index (χ3v) is 4.46. The summed E-state index contributed by atoms with van der Waals surface area (Å²) in [4.78, 5) is 26.0. The second-order valence-corrected chi connectivity index (χ2v) is 6.51. The number of amides is 2. The molecule has 0 aliphatic rings. The lowest BCUT2D eigenvalue weighted by Crippen LogP contribution is -2.30. The topological polar surface area (TPSA) is 70.7 Å². The Morgan fingerprint density at radius 3 is 2.46 bits per heavy atom. The molecule has 0 aromatic heterocycles. The lowest BCUT2D eigenvalue weighted by atomic mass is 10.1. The van der Waals surface area contributed by atoms with E-state index in [-0.39, 0.29) is 12.3 Å². The van der Waals surface area contributed by atoms with E-state index < -0.39 is 6.09 Å². The molecule has 6 heteroatoms. The number of carbonyl (C=O) groups excluding carboxylic acids is 2. The highest BCUT2D eigenvalue weighted by Crippen LogP contribution is 2.16. The number of ether oxygens (including phenoxy) is 1.